The van der Waals surface area contributed by atoms with Gasteiger partial charge in [0.25, 0.3) is 5.89 Å². The first kappa shape index (κ1) is 11.9. The highest BCUT2D eigenvalue weighted by atomic mass is 79.9. The normalized spacial score (nSPS) is 10.6. The summed E-state index contributed by atoms with van der Waals surface area (Å²) >= 11 is 3.37. The van der Waals surface area contributed by atoms with E-state index in [0.29, 0.717) is 17.3 Å². The van der Waals surface area contributed by atoms with Crippen LogP contribution >= 0.6 is 15.9 Å². The first-order chi connectivity index (χ1) is 9.24. The van der Waals surface area contributed by atoms with Crippen molar-refractivity contribution in [3.8, 4) is 28.6 Å². The van der Waals surface area contributed by atoms with E-state index in [-0.39, 0.29) is 5.75 Å². The summed E-state index contributed by atoms with van der Waals surface area (Å²) in [6.45, 7) is 0. The van der Waals surface area contributed by atoms with Crippen molar-refractivity contribution in [2.45, 2.75) is 0 Å². The van der Waals surface area contributed by atoms with Crippen LogP contribution in [-0.4, -0.2) is 15.2 Å². The summed E-state index contributed by atoms with van der Waals surface area (Å²) in [5.41, 5.74) is 1.38. The van der Waals surface area contributed by atoms with Crippen molar-refractivity contribution in [2.24, 2.45) is 0 Å². The third kappa shape index (κ3) is 2.37. The van der Waals surface area contributed by atoms with Crippen molar-refractivity contribution in [2.75, 3.05) is 0 Å². The van der Waals surface area contributed by atoms with Gasteiger partial charge in [0.2, 0.25) is 5.82 Å². The van der Waals surface area contributed by atoms with E-state index in [2.05, 4.69) is 26.1 Å². The average Bonchev–Trinajstić information content (AvgIpc) is 2.89. The van der Waals surface area contributed by atoms with Gasteiger partial charge in [-0.25, -0.2) is 0 Å². The zero-order valence-corrected chi connectivity index (χ0v) is 11.3. The first-order valence-corrected chi connectivity index (χ1v) is 6.41. The Morgan fingerprint density at radius 2 is 1.74 bits per heavy atom. The standard InChI is InChI=1S/C14H9BrN2O2/c15-10-7-5-9(6-8-10)13-16-14(19-17-13)11-3-1-2-4-12(11)18/h1-8,18H. The highest BCUT2D eigenvalue weighted by molar-refractivity contribution is 9.10. The van der Waals surface area contributed by atoms with Crippen LogP contribution in [-0.2, 0) is 0 Å². The van der Waals surface area contributed by atoms with Crippen molar-refractivity contribution in [1.29, 1.82) is 0 Å². The molecule has 0 aliphatic carbocycles. The van der Waals surface area contributed by atoms with Gasteiger partial charge in [0.05, 0.1) is 5.56 Å². The third-order valence-corrected chi connectivity index (χ3v) is 3.19. The number of halogens is 1. The molecule has 5 heteroatoms. The summed E-state index contributed by atoms with van der Waals surface area (Å²) in [4.78, 5) is 4.29. The van der Waals surface area contributed by atoms with Gasteiger partial charge < -0.3 is 9.63 Å². The predicted molar refractivity (Wildman–Crippen MR) is 74.5 cm³/mol. The molecule has 0 radical (unpaired) electrons. The lowest BCUT2D eigenvalue weighted by molar-refractivity contribution is 0.426. The Morgan fingerprint density at radius 1 is 1.00 bits per heavy atom. The van der Waals surface area contributed by atoms with Crippen LogP contribution in [0.15, 0.2) is 57.5 Å². The summed E-state index contributed by atoms with van der Waals surface area (Å²) in [6.07, 6.45) is 0. The number of aromatic hydroxyl groups is 1. The van der Waals surface area contributed by atoms with E-state index in [1.54, 1.807) is 24.3 Å². The van der Waals surface area contributed by atoms with Gasteiger partial charge >= 0.3 is 0 Å². The fourth-order valence-electron chi connectivity index (χ4n) is 1.70. The molecular formula is C14H9BrN2O2. The Balaban J connectivity index is 2.00. The van der Waals surface area contributed by atoms with E-state index in [1.165, 1.54) is 0 Å². The van der Waals surface area contributed by atoms with Crippen LogP contribution in [0.3, 0.4) is 0 Å². The average molecular weight is 317 g/mol. The number of para-hydroxylation sites is 1. The molecule has 0 bridgehead atoms. The lowest BCUT2D eigenvalue weighted by atomic mass is 10.2. The smallest absolute Gasteiger partial charge is 0.261 e. The van der Waals surface area contributed by atoms with Crippen LogP contribution in [0, 0.1) is 0 Å². The van der Waals surface area contributed by atoms with Crippen LogP contribution in [0.4, 0.5) is 0 Å². The van der Waals surface area contributed by atoms with Crippen molar-refractivity contribution in [3.05, 3.63) is 53.0 Å². The maximum Gasteiger partial charge on any atom is 0.261 e. The number of phenols is 1. The van der Waals surface area contributed by atoms with E-state index in [0.717, 1.165) is 10.0 Å². The van der Waals surface area contributed by atoms with Gasteiger partial charge in [-0.15, -0.1) is 0 Å². The van der Waals surface area contributed by atoms with E-state index < -0.39 is 0 Å². The number of aromatic nitrogens is 2. The Hall–Kier alpha value is -2.14. The molecule has 0 atom stereocenters. The van der Waals surface area contributed by atoms with E-state index in [4.69, 9.17) is 4.52 Å². The molecule has 4 nitrogen and oxygen atoms in total. The zero-order chi connectivity index (χ0) is 13.2. The van der Waals surface area contributed by atoms with Crippen molar-refractivity contribution in [1.82, 2.24) is 10.1 Å². The fraction of sp³-hybridized carbons (Fsp3) is 0. The number of nitrogens with zero attached hydrogens (tertiary/aromatic N) is 2. The van der Waals surface area contributed by atoms with Gasteiger partial charge in [-0.2, -0.15) is 4.98 Å². The summed E-state index contributed by atoms with van der Waals surface area (Å²) in [6, 6.07) is 14.5. The summed E-state index contributed by atoms with van der Waals surface area (Å²) in [5.74, 6) is 0.912. The maximum atomic E-state index is 9.75. The Kier molecular flexibility index (Phi) is 3.05. The molecule has 1 N–H and O–H groups in total. The topological polar surface area (TPSA) is 59.2 Å². The molecule has 0 amide bonds. The van der Waals surface area contributed by atoms with Crippen molar-refractivity contribution in [3.63, 3.8) is 0 Å². The van der Waals surface area contributed by atoms with Gasteiger partial charge in [-0.1, -0.05) is 33.2 Å². The molecule has 2 aromatic carbocycles. The molecule has 0 aliphatic rings. The highest BCUT2D eigenvalue weighted by Crippen LogP contribution is 2.29. The van der Waals surface area contributed by atoms with Crippen LogP contribution in [0.5, 0.6) is 5.75 Å². The quantitative estimate of drug-likeness (QED) is 0.779. The number of hydrogen-bond donors (Lipinski definition) is 1. The van der Waals surface area contributed by atoms with Crippen LogP contribution in [0.1, 0.15) is 0 Å². The molecule has 0 fully saturated rings. The minimum absolute atomic E-state index is 0.119. The van der Waals surface area contributed by atoms with Crippen molar-refractivity contribution < 1.29 is 9.63 Å². The lowest BCUT2D eigenvalue weighted by Crippen LogP contribution is -1.81. The molecule has 0 unspecified atom stereocenters. The maximum absolute atomic E-state index is 9.75. The van der Waals surface area contributed by atoms with E-state index in [9.17, 15) is 5.11 Å². The molecule has 1 aromatic heterocycles. The first-order valence-electron chi connectivity index (χ1n) is 5.62. The van der Waals surface area contributed by atoms with E-state index >= 15 is 0 Å². The second-order valence-electron chi connectivity index (χ2n) is 3.95. The van der Waals surface area contributed by atoms with Gasteiger partial charge in [-0.3, -0.25) is 0 Å². The Morgan fingerprint density at radius 3 is 2.47 bits per heavy atom. The molecule has 0 saturated heterocycles. The molecule has 0 saturated carbocycles. The van der Waals surface area contributed by atoms with Crippen LogP contribution in [0.25, 0.3) is 22.8 Å². The Bertz CT molecular complexity index is 707. The fourth-order valence-corrected chi connectivity index (χ4v) is 1.97. The second-order valence-corrected chi connectivity index (χ2v) is 4.86. The number of phenolic OH excluding ortho intramolecular Hbond substituents is 1. The molecule has 94 valence electrons. The van der Waals surface area contributed by atoms with Crippen molar-refractivity contribution >= 4 is 15.9 Å². The zero-order valence-electron chi connectivity index (χ0n) is 9.75. The third-order valence-electron chi connectivity index (χ3n) is 2.66. The predicted octanol–water partition coefficient (Wildman–Crippen LogP) is 3.87. The van der Waals surface area contributed by atoms with Crippen LogP contribution in [0.2, 0.25) is 0 Å². The minimum Gasteiger partial charge on any atom is -0.507 e. The summed E-state index contributed by atoms with van der Waals surface area (Å²) in [7, 11) is 0. The largest absolute Gasteiger partial charge is 0.507 e. The SMILES string of the molecule is Oc1ccccc1-c1nc(-c2ccc(Br)cc2)no1. The lowest BCUT2D eigenvalue weighted by Gasteiger charge is -1.96. The second kappa shape index (κ2) is 4.85. The monoisotopic (exact) mass is 316 g/mol. The summed E-state index contributed by atoms with van der Waals surface area (Å²) < 4.78 is 6.17. The highest BCUT2D eigenvalue weighted by Gasteiger charge is 2.13. The number of benzene rings is 2. The molecule has 3 rings (SSSR count). The van der Waals surface area contributed by atoms with Gasteiger partial charge in [0, 0.05) is 10.0 Å². The van der Waals surface area contributed by atoms with Crippen LogP contribution < -0.4 is 0 Å². The minimum atomic E-state index is 0.119. The van der Waals surface area contributed by atoms with Gasteiger partial charge in [0.15, 0.2) is 0 Å². The molecule has 3 aromatic rings. The Labute approximate surface area is 117 Å². The molecular weight excluding hydrogens is 308 g/mol. The molecule has 19 heavy (non-hydrogen) atoms. The number of rotatable bonds is 2. The molecule has 1 heterocycles. The van der Waals surface area contributed by atoms with E-state index in [1.807, 2.05) is 24.3 Å². The summed E-state index contributed by atoms with van der Waals surface area (Å²) in [5, 5.41) is 13.7. The van der Waals surface area contributed by atoms with Gasteiger partial charge in [0.1, 0.15) is 5.75 Å². The number of hydrogen-bond acceptors (Lipinski definition) is 4. The molecule has 0 spiro atoms. The van der Waals surface area contributed by atoms with Gasteiger partial charge in [-0.05, 0) is 36.4 Å². The molecule has 0 aliphatic heterocycles.